The predicted octanol–water partition coefficient (Wildman–Crippen LogP) is 2.53. The molecular formula is C10H18O. The van der Waals surface area contributed by atoms with E-state index in [1.54, 1.807) is 0 Å². The Bertz CT molecular complexity index is 136. The highest BCUT2D eigenvalue weighted by molar-refractivity contribution is 5.10. The molecule has 0 amide bonds. The van der Waals surface area contributed by atoms with E-state index in [1.165, 1.54) is 0 Å². The van der Waals surface area contributed by atoms with Gasteiger partial charge in [0.2, 0.25) is 0 Å². The summed E-state index contributed by atoms with van der Waals surface area (Å²) in [6.07, 6.45) is 6.06. The molecule has 0 aliphatic rings. The molecule has 0 saturated heterocycles. The maximum Gasteiger partial charge on any atom is 0.0433 e. The lowest BCUT2D eigenvalue weighted by atomic mass is 10.0. The van der Waals surface area contributed by atoms with E-state index in [4.69, 9.17) is 5.11 Å². The topological polar surface area (TPSA) is 20.2 Å². The van der Waals surface area contributed by atoms with Gasteiger partial charge in [0.25, 0.3) is 0 Å². The van der Waals surface area contributed by atoms with Crippen molar-refractivity contribution >= 4 is 0 Å². The van der Waals surface area contributed by atoms with Crippen molar-refractivity contribution in [1.29, 1.82) is 0 Å². The molecule has 0 aliphatic heterocycles. The minimum absolute atomic E-state index is 0.294. The summed E-state index contributed by atoms with van der Waals surface area (Å²) in [5.41, 5.74) is 1.08. The monoisotopic (exact) mass is 154 g/mol. The Labute approximate surface area is 69.4 Å². The van der Waals surface area contributed by atoms with E-state index in [9.17, 15) is 0 Å². The number of aliphatic hydroxyl groups excluding tert-OH is 1. The van der Waals surface area contributed by atoms with Crippen LogP contribution in [0.3, 0.4) is 0 Å². The predicted molar refractivity (Wildman–Crippen MR) is 49.4 cm³/mol. The van der Waals surface area contributed by atoms with Crippen molar-refractivity contribution in [2.24, 2.45) is 5.92 Å². The van der Waals surface area contributed by atoms with Crippen LogP contribution in [0, 0.1) is 5.92 Å². The molecule has 0 radical (unpaired) electrons. The molecule has 0 heterocycles. The first-order valence-electron chi connectivity index (χ1n) is 4.09. The molecule has 0 rings (SSSR count). The molecule has 11 heavy (non-hydrogen) atoms. The second kappa shape index (κ2) is 6.17. The molecule has 0 bridgehead atoms. The van der Waals surface area contributed by atoms with Crippen LogP contribution in [-0.4, -0.2) is 11.7 Å². The zero-order valence-electron chi connectivity index (χ0n) is 7.51. The normalized spacial score (nSPS) is 13.7. The first-order chi connectivity index (χ1) is 5.16. The van der Waals surface area contributed by atoms with Gasteiger partial charge < -0.3 is 5.11 Å². The van der Waals surface area contributed by atoms with Gasteiger partial charge in [-0.25, -0.2) is 0 Å². The molecule has 1 atom stereocenters. The fourth-order valence-corrected chi connectivity index (χ4v) is 0.840. The van der Waals surface area contributed by atoms with Crippen molar-refractivity contribution in [3.05, 3.63) is 24.3 Å². The summed E-state index contributed by atoms with van der Waals surface area (Å²) in [7, 11) is 0. The average Bonchev–Trinajstić information content (AvgIpc) is 1.87. The standard InChI is InChI=1S/C10H18O/c1-9(2)5-4-6-10(3)7-8-11/h4-5,10-11H,1,6-8H2,2-3H3. The molecule has 0 saturated carbocycles. The molecule has 64 valence electrons. The molecule has 0 spiro atoms. The highest BCUT2D eigenvalue weighted by Gasteiger charge is 1.96. The molecule has 0 fully saturated rings. The Kier molecular flexibility index (Phi) is 5.86. The SMILES string of the molecule is C=C(C)C=CCC(C)CCO. The van der Waals surface area contributed by atoms with E-state index < -0.39 is 0 Å². The first-order valence-corrected chi connectivity index (χ1v) is 4.09. The van der Waals surface area contributed by atoms with Crippen LogP contribution in [-0.2, 0) is 0 Å². The molecular weight excluding hydrogens is 136 g/mol. The van der Waals surface area contributed by atoms with Crippen molar-refractivity contribution in [2.75, 3.05) is 6.61 Å². The Morgan fingerprint density at radius 1 is 1.64 bits per heavy atom. The van der Waals surface area contributed by atoms with Gasteiger partial charge in [-0.2, -0.15) is 0 Å². The average molecular weight is 154 g/mol. The van der Waals surface area contributed by atoms with Crippen LogP contribution in [0.2, 0.25) is 0 Å². The van der Waals surface area contributed by atoms with E-state index in [0.29, 0.717) is 12.5 Å². The lowest BCUT2D eigenvalue weighted by Crippen LogP contribution is -1.95. The van der Waals surface area contributed by atoms with E-state index in [0.717, 1.165) is 18.4 Å². The van der Waals surface area contributed by atoms with Crippen molar-refractivity contribution < 1.29 is 5.11 Å². The smallest absolute Gasteiger partial charge is 0.0433 e. The van der Waals surface area contributed by atoms with Gasteiger partial charge in [0, 0.05) is 6.61 Å². The second-order valence-electron chi connectivity index (χ2n) is 3.10. The molecule has 1 N–H and O–H groups in total. The quantitative estimate of drug-likeness (QED) is 0.603. The Hall–Kier alpha value is -0.560. The maximum absolute atomic E-state index is 8.60. The number of rotatable bonds is 5. The Balaban J connectivity index is 3.44. The van der Waals surface area contributed by atoms with Crippen molar-refractivity contribution in [3.8, 4) is 0 Å². The van der Waals surface area contributed by atoms with Gasteiger partial charge >= 0.3 is 0 Å². The van der Waals surface area contributed by atoms with Gasteiger partial charge in [0.15, 0.2) is 0 Å². The second-order valence-corrected chi connectivity index (χ2v) is 3.10. The van der Waals surface area contributed by atoms with Crippen LogP contribution >= 0.6 is 0 Å². The summed E-state index contributed by atoms with van der Waals surface area (Å²) in [5, 5.41) is 8.60. The van der Waals surface area contributed by atoms with Crippen molar-refractivity contribution in [1.82, 2.24) is 0 Å². The largest absolute Gasteiger partial charge is 0.396 e. The number of hydrogen-bond donors (Lipinski definition) is 1. The van der Waals surface area contributed by atoms with E-state index >= 15 is 0 Å². The lowest BCUT2D eigenvalue weighted by Gasteiger charge is -2.04. The zero-order chi connectivity index (χ0) is 8.69. The van der Waals surface area contributed by atoms with Crippen LogP contribution in [0.5, 0.6) is 0 Å². The fourth-order valence-electron chi connectivity index (χ4n) is 0.840. The lowest BCUT2D eigenvalue weighted by molar-refractivity contribution is 0.263. The van der Waals surface area contributed by atoms with E-state index in [1.807, 2.05) is 13.0 Å². The van der Waals surface area contributed by atoms with Gasteiger partial charge in [0.1, 0.15) is 0 Å². The van der Waals surface area contributed by atoms with E-state index in [-0.39, 0.29) is 0 Å². The summed E-state index contributed by atoms with van der Waals surface area (Å²) >= 11 is 0. The third-order valence-electron chi connectivity index (χ3n) is 1.56. The minimum atomic E-state index is 0.294. The molecule has 0 aromatic heterocycles. The van der Waals surface area contributed by atoms with Crippen LogP contribution in [0.15, 0.2) is 24.3 Å². The molecule has 1 nitrogen and oxygen atoms in total. The zero-order valence-corrected chi connectivity index (χ0v) is 7.51. The van der Waals surface area contributed by atoms with Crippen molar-refractivity contribution in [2.45, 2.75) is 26.7 Å². The van der Waals surface area contributed by atoms with Crippen LogP contribution in [0.4, 0.5) is 0 Å². The summed E-state index contributed by atoms with van der Waals surface area (Å²) in [4.78, 5) is 0. The number of allylic oxidation sites excluding steroid dienone is 3. The first kappa shape index (κ1) is 10.4. The number of aliphatic hydroxyl groups is 1. The molecule has 1 heteroatoms. The third-order valence-corrected chi connectivity index (χ3v) is 1.56. The molecule has 0 aliphatic carbocycles. The van der Waals surface area contributed by atoms with Gasteiger partial charge in [-0.3, -0.25) is 0 Å². The number of hydrogen-bond acceptors (Lipinski definition) is 1. The van der Waals surface area contributed by atoms with Crippen LogP contribution < -0.4 is 0 Å². The Morgan fingerprint density at radius 2 is 2.27 bits per heavy atom. The molecule has 0 aromatic rings. The van der Waals surface area contributed by atoms with Crippen LogP contribution in [0.1, 0.15) is 26.7 Å². The highest BCUT2D eigenvalue weighted by atomic mass is 16.2. The van der Waals surface area contributed by atoms with Gasteiger partial charge in [-0.15, -0.1) is 0 Å². The Morgan fingerprint density at radius 3 is 2.73 bits per heavy atom. The van der Waals surface area contributed by atoms with Gasteiger partial charge in [-0.1, -0.05) is 31.2 Å². The molecule has 1 unspecified atom stereocenters. The summed E-state index contributed by atoms with van der Waals surface area (Å²) < 4.78 is 0. The fraction of sp³-hybridized carbons (Fsp3) is 0.600. The highest BCUT2D eigenvalue weighted by Crippen LogP contribution is 2.07. The van der Waals surface area contributed by atoms with Gasteiger partial charge in [-0.05, 0) is 25.7 Å². The summed E-state index contributed by atoms with van der Waals surface area (Å²) in [5.74, 6) is 0.579. The van der Waals surface area contributed by atoms with E-state index in [2.05, 4.69) is 19.6 Å². The van der Waals surface area contributed by atoms with Crippen LogP contribution in [0.25, 0.3) is 0 Å². The maximum atomic E-state index is 8.60. The minimum Gasteiger partial charge on any atom is -0.396 e. The molecule has 0 aromatic carbocycles. The summed E-state index contributed by atoms with van der Waals surface area (Å²) in [6, 6.07) is 0. The van der Waals surface area contributed by atoms with Crippen molar-refractivity contribution in [3.63, 3.8) is 0 Å². The third kappa shape index (κ3) is 7.34. The summed E-state index contributed by atoms with van der Waals surface area (Å²) in [6.45, 7) is 8.17. The van der Waals surface area contributed by atoms with Gasteiger partial charge in [0.05, 0.1) is 0 Å².